The molecule has 0 amide bonds. The molecule has 0 N–H and O–H groups in total. The van der Waals surface area contributed by atoms with Gasteiger partial charge in [0.15, 0.2) is 0 Å². The molecular formula is C38H64O2. The van der Waals surface area contributed by atoms with E-state index in [1.165, 1.54) is 119 Å². The van der Waals surface area contributed by atoms with E-state index < -0.39 is 0 Å². The molecule has 1 aliphatic rings. The molecule has 0 aromatic heterocycles. The fourth-order valence-electron chi connectivity index (χ4n) is 5.68. The van der Waals surface area contributed by atoms with Crippen LogP contribution in [0.5, 0.6) is 0 Å². The van der Waals surface area contributed by atoms with Gasteiger partial charge in [0.05, 0.1) is 0 Å². The third-order valence-electron chi connectivity index (χ3n) is 8.41. The van der Waals surface area contributed by atoms with Crippen molar-refractivity contribution in [1.29, 1.82) is 0 Å². The van der Waals surface area contributed by atoms with Crippen LogP contribution in [0.1, 0.15) is 164 Å². The number of unbranched alkanes of at least 4 members (excludes halogenated alkanes) is 14. The molecule has 228 valence electrons. The van der Waals surface area contributed by atoms with Crippen molar-refractivity contribution in [2.75, 3.05) is 6.61 Å². The van der Waals surface area contributed by atoms with Crippen LogP contribution in [-0.4, -0.2) is 12.6 Å². The van der Waals surface area contributed by atoms with E-state index in [9.17, 15) is 4.79 Å². The van der Waals surface area contributed by atoms with Gasteiger partial charge in [0.25, 0.3) is 0 Å². The SMILES string of the molecule is CCCCCCCCCCCCCCCCCC(=O)OC/C=C(C)/C=C/C=C(C)\C=C\C1=C(C)CCCC1(C)C. The highest BCUT2D eigenvalue weighted by Gasteiger charge is 2.26. The number of hydrogen-bond donors (Lipinski definition) is 0. The molecule has 2 heteroatoms. The number of hydrogen-bond acceptors (Lipinski definition) is 2. The first kappa shape index (κ1) is 36.2. The lowest BCUT2D eigenvalue weighted by Gasteiger charge is -2.32. The lowest BCUT2D eigenvalue weighted by atomic mass is 9.72. The molecule has 1 aliphatic carbocycles. The van der Waals surface area contributed by atoms with Crippen molar-refractivity contribution in [3.05, 3.63) is 58.7 Å². The maximum absolute atomic E-state index is 12.0. The Morgan fingerprint density at radius 1 is 0.800 bits per heavy atom. The number of esters is 1. The maximum atomic E-state index is 12.0. The summed E-state index contributed by atoms with van der Waals surface area (Å²) in [6.45, 7) is 13.8. The molecule has 0 atom stereocenters. The molecule has 40 heavy (non-hydrogen) atoms. The molecule has 0 heterocycles. The van der Waals surface area contributed by atoms with Crippen molar-refractivity contribution in [1.82, 2.24) is 0 Å². The van der Waals surface area contributed by atoms with Crippen LogP contribution >= 0.6 is 0 Å². The first-order valence-corrected chi connectivity index (χ1v) is 16.8. The molecule has 0 spiro atoms. The van der Waals surface area contributed by atoms with Gasteiger partial charge in [-0.05, 0) is 63.5 Å². The van der Waals surface area contributed by atoms with E-state index in [1.54, 1.807) is 0 Å². The summed E-state index contributed by atoms with van der Waals surface area (Å²) in [4.78, 5) is 12.0. The lowest BCUT2D eigenvalue weighted by molar-refractivity contribution is -0.142. The van der Waals surface area contributed by atoms with E-state index in [1.807, 2.05) is 6.08 Å². The monoisotopic (exact) mass is 552 g/mol. The predicted molar refractivity (Wildman–Crippen MR) is 177 cm³/mol. The second kappa shape index (κ2) is 22.8. The highest BCUT2D eigenvalue weighted by Crippen LogP contribution is 2.40. The van der Waals surface area contributed by atoms with Crippen molar-refractivity contribution in [3.8, 4) is 0 Å². The van der Waals surface area contributed by atoms with Gasteiger partial charge >= 0.3 is 5.97 Å². The third kappa shape index (κ3) is 18.5. The van der Waals surface area contributed by atoms with E-state index in [2.05, 4.69) is 71.9 Å². The van der Waals surface area contributed by atoms with E-state index in [-0.39, 0.29) is 11.4 Å². The number of ether oxygens (including phenoxy) is 1. The third-order valence-corrected chi connectivity index (χ3v) is 8.41. The van der Waals surface area contributed by atoms with E-state index >= 15 is 0 Å². The van der Waals surface area contributed by atoms with Crippen LogP contribution in [0.15, 0.2) is 58.7 Å². The van der Waals surface area contributed by atoms with Crippen molar-refractivity contribution >= 4 is 5.97 Å². The lowest BCUT2D eigenvalue weighted by Crippen LogP contribution is -2.19. The Morgan fingerprint density at radius 3 is 1.90 bits per heavy atom. The molecule has 0 saturated carbocycles. The Labute approximate surface area is 249 Å². The summed E-state index contributed by atoms with van der Waals surface area (Å²) in [5, 5.41) is 0. The Morgan fingerprint density at radius 2 is 1.35 bits per heavy atom. The minimum absolute atomic E-state index is 0.0705. The standard InChI is InChI=1S/C38H64O2/c1-7-8-9-10-11-12-13-14-15-16-17-18-19-20-21-27-37(39)40-32-30-34(3)25-22-24-33(2)28-29-36-35(4)26-23-31-38(36,5)6/h22,24-25,28-30H,7-21,23,26-27,31-32H2,1-6H3/b25-22+,29-28+,33-24-,34-30+. The van der Waals surface area contributed by atoms with Gasteiger partial charge in [-0.3, -0.25) is 4.79 Å². The van der Waals surface area contributed by atoms with Crippen LogP contribution in [0.4, 0.5) is 0 Å². The average molecular weight is 553 g/mol. The Balaban J connectivity index is 2.08. The second-order valence-electron chi connectivity index (χ2n) is 12.9. The van der Waals surface area contributed by atoms with Gasteiger partial charge in [-0.2, -0.15) is 0 Å². The van der Waals surface area contributed by atoms with Gasteiger partial charge < -0.3 is 4.74 Å². The number of carbonyl (C=O) groups is 1. The zero-order valence-electron chi connectivity index (χ0n) is 27.4. The zero-order valence-corrected chi connectivity index (χ0v) is 27.4. The largest absolute Gasteiger partial charge is 0.461 e. The number of carbonyl (C=O) groups excluding carboxylic acids is 1. The fraction of sp³-hybridized carbons (Fsp3) is 0.711. The normalized spacial score (nSPS) is 16.4. The summed E-state index contributed by atoms with van der Waals surface area (Å²) in [6, 6.07) is 0. The molecule has 0 bridgehead atoms. The molecule has 0 fully saturated rings. The van der Waals surface area contributed by atoms with Gasteiger partial charge in [-0.1, -0.05) is 158 Å². The summed E-state index contributed by atoms with van der Waals surface area (Å²) < 4.78 is 5.41. The smallest absolute Gasteiger partial charge is 0.306 e. The topological polar surface area (TPSA) is 26.3 Å². The summed E-state index contributed by atoms with van der Waals surface area (Å²) in [7, 11) is 0. The van der Waals surface area contributed by atoms with Crippen LogP contribution in [0.25, 0.3) is 0 Å². The van der Waals surface area contributed by atoms with Crippen LogP contribution in [0, 0.1) is 5.41 Å². The Bertz CT molecular complexity index is 834. The Kier molecular flexibility index (Phi) is 20.6. The second-order valence-corrected chi connectivity index (χ2v) is 12.9. The van der Waals surface area contributed by atoms with Gasteiger partial charge in [0, 0.05) is 6.42 Å². The van der Waals surface area contributed by atoms with Gasteiger partial charge in [-0.25, -0.2) is 0 Å². The molecular weight excluding hydrogens is 488 g/mol. The van der Waals surface area contributed by atoms with E-state index in [0.717, 1.165) is 18.4 Å². The molecule has 0 saturated heterocycles. The fourth-order valence-corrected chi connectivity index (χ4v) is 5.68. The zero-order chi connectivity index (χ0) is 29.5. The van der Waals surface area contributed by atoms with Crippen LogP contribution in [-0.2, 0) is 9.53 Å². The predicted octanol–water partition coefficient (Wildman–Crippen LogP) is 12.3. The van der Waals surface area contributed by atoms with Gasteiger partial charge in [0.1, 0.15) is 6.61 Å². The number of allylic oxidation sites excluding steroid dienone is 9. The molecule has 0 aliphatic heterocycles. The van der Waals surface area contributed by atoms with Crippen LogP contribution < -0.4 is 0 Å². The quantitative estimate of drug-likeness (QED) is 0.0758. The van der Waals surface area contributed by atoms with Crippen molar-refractivity contribution in [2.45, 2.75) is 164 Å². The highest BCUT2D eigenvalue weighted by atomic mass is 16.5. The molecule has 2 nitrogen and oxygen atoms in total. The molecule has 1 rings (SSSR count). The van der Waals surface area contributed by atoms with Crippen LogP contribution in [0.2, 0.25) is 0 Å². The average Bonchev–Trinajstić information content (AvgIpc) is 2.90. The molecule has 0 radical (unpaired) electrons. The first-order valence-electron chi connectivity index (χ1n) is 16.8. The minimum atomic E-state index is -0.0705. The highest BCUT2D eigenvalue weighted by molar-refractivity contribution is 5.69. The van der Waals surface area contributed by atoms with E-state index in [0.29, 0.717) is 13.0 Å². The number of rotatable bonds is 22. The van der Waals surface area contributed by atoms with Gasteiger partial charge in [-0.15, -0.1) is 0 Å². The van der Waals surface area contributed by atoms with Crippen molar-refractivity contribution < 1.29 is 9.53 Å². The first-order chi connectivity index (χ1) is 19.3. The maximum Gasteiger partial charge on any atom is 0.306 e. The Hall–Kier alpha value is -1.83. The summed E-state index contributed by atoms with van der Waals surface area (Å²) in [5.41, 5.74) is 5.65. The molecule has 0 aromatic rings. The summed E-state index contributed by atoms with van der Waals surface area (Å²) in [6.07, 6.45) is 37.2. The van der Waals surface area contributed by atoms with Crippen molar-refractivity contribution in [3.63, 3.8) is 0 Å². The molecule has 0 aromatic carbocycles. The van der Waals surface area contributed by atoms with E-state index in [4.69, 9.17) is 4.74 Å². The van der Waals surface area contributed by atoms with Crippen LogP contribution in [0.3, 0.4) is 0 Å². The summed E-state index contributed by atoms with van der Waals surface area (Å²) >= 11 is 0. The van der Waals surface area contributed by atoms with Crippen molar-refractivity contribution in [2.24, 2.45) is 5.41 Å². The minimum Gasteiger partial charge on any atom is -0.461 e. The van der Waals surface area contributed by atoms with Gasteiger partial charge in [0.2, 0.25) is 0 Å². The summed E-state index contributed by atoms with van der Waals surface area (Å²) in [5.74, 6) is -0.0705. The molecule has 0 unspecified atom stereocenters.